The van der Waals surface area contributed by atoms with E-state index in [0.717, 1.165) is 44.9 Å². The molecule has 0 aromatic carbocycles. The van der Waals surface area contributed by atoms with E-state index in [1.165, 1.54) is 20.0 Å². The summed E-state index contributed by atoms with van der Waals surface area (Å²) in [7, 11) is 1.47. The Kier molecular flexibility index (Phi) is 7.75. The van der Waals surface area contributed by atoms with Gasteiger partial charge in [-0.2, -0.15) is 0 Å². The normalized spacial score (nSPS) is 43.5. The van der Waals surface area contributed by atoms with E-state index in [1.807, 2.05) is 6.92 Å². The Hall–Kier alpha value is -1.39. The summed E-state index contributed by atoms with van der Waals surface area (Å²) < 4.78 is 10.7. The minimum Gasteiger partial charge on any atom is -0.469 e. The highest BCUT2D eigenvalue weighted by molar-refractivity contribution is 5.86. The Morgan fingerprint density at radius 3 is 2.31 bits per heavy atom. The molecule has 5 nitrogen and oxygen atoms in total. The van der Waals surface area contributed by atoms with Crippen molar-refractivity contribution in [3.8, 4) is 0 Å². The highest BCUT2D eigenvalue weighted by Crippen LogP contribution is 2.68. The molecule has 4 aliphatic rings. The van der Waals surface area contributed by atoms with Crippen LogP contribution in [0.1, 0.15) is 105 Å². The largest absolute Gasteiger partial charge is 0.469 e. The first-order valence-corrected chi connectivity index (χ1v) is 14.4. The summed E-state index contributed by atoms with van der Waals surface area (Å²) in [4.78, 5) is 38.0. The van der Waals surface area contributed by atoms with E-state index < -0.39 is 0 Å². The second-order valence-electron chi connectivity index (χ2n) is 12.8. The highest BCUT2D eigenvalue weighted by Gasteiger charge is 2.65. The summed E-state index contributed by atoms with van der Waals surface area (Å²) in [5, 5.41) is 0. The Balaban J connectivity index is 1.56. The van der Waals surface area contributed by atoms with Crippen LogP contribution in [0, 0.1) is 52.3 Å². The number of carbonyl (C=O) groups excluding carboxylic acids is 3. The van der Waals surface area contributed by atoms with E-state index in [-0.39, 0.29) is 40.7 Å². The second kappa shape index (κ2) is 10.2. The third kappa shape index (κ3) is 4.48. The van der Waals surface area contributed by atoms with Crippen molar-refractivity contribution in [1.29, 1.82) is 0 Å². The maximum Gasteiger partial charge on any atom is 0.305 e. The summed E-state index contributed by atoms with van der Waals surface area (Å²) in [6, 6.07) is 0. The molecule has 0 aliphatic heterocycles. The van der Waals surface area contributed by atoms with Crippen molar-refractivity contribution in [1.82, 2.24) is 0 Å². The van der Waals surface area contributed by atoms with Gasteiger partial charge >= 0.3 is 11.9 Å². The van der Waals surface area contributed by atoms with Crippen LogP contribution in [0.25, 0.3) is 0 Å². The molecule has 8 unspecified atom stereocenters. The fourth-order valence-corrected chi connectivity index (χ4v) is 9.62. The molecule has 0 aromatic heterocycles. The van der Waals surface area contributed by atoms with E-state index in [9.17, 15) is 14.4 Å². The molecule has 4 fully saturated rings. The zero-order chi connectivity index (χ0) is 25.5. The molecule has 4 rings (SSSR count). The standard InChI is InChI=1S/C30H48O5/c1-7-20-24-17-19(35-25(31)8-2)13-15-30(24,5)23-14-16-29(4)21(18(3)9-12-26(32)34-6)10-11-22(29)27(23)28(20)33/h18-24,27H,7-17H2,1-6H3/t18-,19-,20?,21?,22?,23?,24?,27?,29?,30?/m1/s1. The second-order valence-corrected chi connectivity index (χ2v) is 12.8. The fraction of sp³-hybridized carbons (Fsp3) is 0.900. The first-order valence-electron chi connectivity index (χ1n) is 14.4. The van der Waals surface area contributed by atoms with E-state index in [2.05, 4.69) is 27.7 Å². The molecule has 0 aromatic rings. The number of hydrogen-bond donors (Lipinski definition) is 0. The molecule has 0 saturated heterocycles. The molecule has 0 spiro atoms. The average molecular weight is 489 g/mol. The van der Waals surface area contributed by atoms with Gasteiger partial charge in [0, 0.05) is 24.7 Å². The first-order chi connectivity index (χ1) is 16.6. The topological polar surface area (TPSA) is 69.7 Å². The lowest BCUT2D eigenvalue weighted by molar-refractivity contribution is -0.179. The minimum absolute atomic E-state index is 0.0284. The molecule has 0 N–H and O–H groups in total. The third-order valence-corrected chi connectivity index (χ3v) is 11.5. The van der Waals surface area contributed by atoms with Crippen LogP contribution < -0.4 is 0 Å². The maximum absolute atomic E-state index is 14.2. The van der Waals surface area contributed by atoms with Gasteiger partial charge in [0.2, 0.25) is 0 Å². The van der Waals surface area contributed by atoms with Crippen molar-refractivity contribution < 1.29 is 23.9 Å². The van der Waals surface area contributed by atoms with Crippen LogP contribution in [0.3, 0.4) is 0 Å². The number of Topliss-reactive ketones (excluding diaryl/α,β-unsaturated/α-hetero) is 1. The van der Waals surface area contributed by atoms with E-state index >= 15 is 0 Å². The van der Waals surface area contributed by atoms with E-state index in [4.69, 9.17) is 9.47 Å². The lowest BCUT2D eigenvalue weighted by Gasteiger charge is -2.62. The molecule has 5 heteroatoms. The van der Waals surface area contributed by atoms with Crippen LogP contribution >= 0.6 is 0 Å². The predicted octanol–water partition coefficient (Wildman–Crippen LogP) is 6.37. The van der Waals surface area contributed by atoms with Gasteiger partial charge in [0.05, 0.1) is 7.11 Å². The molecule has 10 atom stereocenters. The number of rotatable bonds is 7. The summed E-state index contributed by atoms with van der Waals surface area (Å²) >= 11 is 0. The fourth-order valence-electron chi connectivity index (χ4n) is 9.62. The average Bonchev–Trinajstić information content (AvgIpc) is 3.20. The predicted molar refractivity (Wildman–Crippen MR) is 135 cm³/mol. The zero-order valence-corrected chi connectivity index (χ0v) is 22.9. The number of fused-ring (bicyclic) bond motifs is 5. The summed E-state index contributed by atoms with van der Waals surface area (Å²) in [6.45, 7) is 11.3. The number of ketones is 1. The first kappa shape index (κ1) is 26.7. The van der Waals surface area contributed by atoms with Gasteiger partial charge in [-0.25, -0.2) is 0 Å². The van der Waals surface area contributed by atoms with Crippen molar-refractivity contribution in [2.45, 2.75) is 111 Å². The Morgan fingerprint density at radius 2 is 1.66 bits per heavy atom. The van der Waals surface area contributed by atoms with Crippen molar-refractivity contribution in [3.63, 3.8) is 0 Å². The number of hydrogen-bond acceptors (Lipinski definition) is 5. The minimum atomic E-state index is -0.118. The van der Waals surface area contributed by atoms with Crippen LogP contribution in [0.2, 0.25) is 0 Å². The van der Waals surface area contributed by atoms with Gasteiger partial charge in [-0.15, -0.1) is 0 Å². The molecular formula is C30H48O5. The summed E-state index contributed by atoms with van der Waals surface area (Å²) in [5.74, 6) is 2.82. The number of carbonyl (C=O) groups is 3. The zero-order valence-electron chi connectivity index (χ0n) is 22.9. The molecule has 0 amide bonds. The Labute approximate surface area is 212 Å². The maximum atomic E-state index is 14.2. The van der Waals surface area contributed by atoms with Crippen LogP contribution in [0.15, 0.2) is 0 Å². The van der Waals surface area contributed by atoms with Gasteiger partial charge in [0.15, 0.2) is 0 Å². The van der Waals surface area contributed by atoms with Crippen LogP contribution in [-0.2, 0) is 23.9 Å². The highest BCUT2D eigenvalue weighted by atomic mass is 16.5. The van der Waals surface area contributed by atoms with Crippen molar-refractivity contribution in [3.05, 3.63) is 0 Å². The van der Waals surface area contributed by atoms with Gasteiger partial charge in [-0.1, -0.05) is 34.6 Å². The Morgan fingerprint density at radius 1 is 0.971 bits per heavy atom. The number of ether oxygens (including phenoxy) is 2. The van der Waals surface area contributed by atoms with E-state index in [0.29, 0.717) is 48.2 Å². The van der Waals surface area contributed by atoms with Crippen molar-refractivity contribution in [2.24, 2.45) is 52.3 Å². The number of methoxy groups -OCH3 is 1. The van der Waals surface area contributed by atoms with Crippen LogP contribution in [0.5, 0.6) is 0 Å². The SMILES string of the molecule is CCC(=O)O[C@@H]1CCC2(C)C(C1)C(CC)C(=O)C1C2CCC2(C)C1CCC2[C@H](C)CCC(=O)OC. The quantitative estimate of drug-likeness (QED) is 0.389. The van der Waals surface area contributed by atoms with Gasteiger partial charge in [0.1, 0.15) is 11.9 Å². The summed E-state index contributed by atoms with van der Waals surface area (Å²) in [5.41, 5.74) is 0.339. The Bertz CT molecular complexity index is 822. The summed E-state index contributed by atoms with van der Waals surface area (Å²) in [6.07, 6.45) is 10.1. The van der Waals surface area contributed by atoms with Crippen LogP contribution in [0.4, 0.5) is 0 Å². The smallest absolute Gasteiger partial charge is 0.305 e. The molecule has 4 saturated carbocycles. The molecule has 0 radical (unpaired) electrons. The van der Waals surface area contributed by atoms with Gasteiger partial charge in [-0.05, 0) is 98.2 Å². The van der Waals surface area contributed by atoms with E-state index in [1.54, 1.807) is 0 Å². The monoisotopic (exact) mass is 488 g/mol. The lowest BCUT2D eigenvalue weighted by Crippen LogP contribution is -2.60. The molecule has 35 heavy (non-hydrogen) atoms. The molecule has 4 aliphatic carbocycles. The lowest BCUT2D eigenvalue weighted by atomic mass is 9.42. The molecule has 0 heterocycles. The van der Waals surface area contributed by atoms with Gasteiger partial charge in [0.25, 0.3) is 0 Å². The molecular weight excluding hydrogens is 440 g/mol. The third-order valence-electron chi connectivity index (χ3n) is 11.5. The van der Waals surface area contributed by atoms with Gasteiger partial charge in [-0.3, -0.25) is 14.4 Å². The molecule has 0 bridgehead atoms. The van der Waals surface area contributed by atoms with Crippen LogP contribution in [-0.4, -0.2) is 30.9 Å². The van der Waals surface area contributed by atoms with Crippen molar-refractivity contribution in [2.75, 3.05) is 7.11 Å². The molecule has 198 valence electrons. The van der Waals surface area contributed by atoms with Gasteiger partial charge < -0.3 is 9.47 Å². The number of esters is 2. The van der Waals surface area contributed by atoms with Crippen molar-refractivity contribution >= 4 is 17.7 Å².